The Morgan fingerprint density at radius 2 is 1.50 bits per heavy atom. The fourth-order valence-corrected chi connectivity index (χ4v) is 2.96. The lowest BCUT2D eigenvalue weighted by molar-refractivity contribution is -0.384. The van der Waals surface area contributed by atoms with Crippen molar-refractivity contribution in [2.45, 2.75) is 5.72 Å². The average molecular weight is 345 g/mol. The van der Waals surface area contributed by atoms with Crippen LogP contribution >= 0.6 is 0 Å². The normalized spacial score (nSPS) is 15.2. The zero-order valence-corrected chi connectivity index (χ0v) is 13.7. The highest BCUT2D eigenvalue weighted by Crippen LogP contribution is 2.37. The number of nitrogens with zero attached hydrogens (tertiary/aromatic N) is 2. The van der Waals surface area contributed by atoms with Gasteiger partial charge in [-0.25, -0.2) is 15.3 Å². The molecular weight excluding hydrogens is 330 g/mol. The molecule has 0 atom stereocenters. The number of hydrogen-bond acceptors (Lipinski definition) is 5. The SMILES string of the molecule is O=[N+]([O-])c1cccc(C2=NC(c3ccccc3)(c3ccccc3)ON2)c1. The van der Waals surface area contributed by atoms with Crippen LogP contribution in [-0.2, 0) is 10.6 Å². The number of hydroxylamine groups is 1. The fraction of sp³-hybridized carbons (Fsp3) is 0.0500. The van der Waals surface area contributed by atoms with Gasteiger partial charge in [0.05, 0.1) is 4.92 Å². The Labute approximate surface area is 149 Å². The summed E-state index contributed by atoms with van der Waals surface area (Å²) in [6, 6.07) is 25.6. The van der Waals surface area contributed by atoms with E-state index in [-0.39, 0.29) is 5.69 Å². The number of nitro groups is 1. The molecule has 26 heavy (non-hydrogen) atoms. The van der Waals surface area contributed by atoms with Gasteiger partial charge in [-0.05, 0) is 0 Å². The van der Waals surface area contributed by atoms with Crippen molar-refractivity contribution >= 4 is 11.5 Å². The molecule has 0 radical (unpaired) electrons. The molecule has 0 unspecified atom stereocenters. The van der Waals surface area contributed by atoms with Crippen LogP contribution in [0.5, 0.6) is 0 Å². The maximum Gasteiger partial charge on any atom is 0.270 e. The molecule has 1 N–H and O–H groups in total. The van der Waals surface area contributed by atoms with Crippen molar-refractivity contribution in [3.05, 3.63) is 112 Å². The molecule has 4 rings (SSSR count). The number of benzene rings is 3. The van der Waals surface area contributed by atoms with Gasteiger partial charge in [0.25, 0.3) is 5.69 Å². The molecule has 0 fully saturated rings. The highest BCUT2D eigenvalue weighted by Gasteiger charge is 2.41. The first-order valence-electron chi connectivity index (χ1n) is 8.09. The van der Waals surface area contributed by atoms with E-state index in [9.17, 15) is 10.1 Å². The van der Waals surface area contributed by atoms with Crippen LogP contribution in [0.25, 0.3) is 0 Å². The minimum Gasteiger partial charge on any atom is -0.258 e. The summed E-state index contributed by atoms with van der Waals surface area (Å²) in [5, 5.41) is 11.1. The van der Waals surface area contributed by atoms with Gasteiger partial charge < -0.3 is 0 Å². The van der Waals surface area contributed by atoms with Crippen LogP contribution in [-0.4, -0.2) is 10.8 Å². The molecule has 6 nitrogen and oxygen atoms in total. The molecule has 1 aliphatic heterocycles. The van der Waals surface area contributed by atoms with Crippen molar-refractivity contribution in [3.63, 3.8) is 0 Å². The van der Waals surface area contributed by atoms with Crippen LogP contribution < -0.4 is 5.48 Å². The second-order valence-electron chi connectivity index (χ2n) is 5.85. The molecule has 0 amide bonds. The van der Waals surface area contributed by atoms with Crippen molar-refractivity contribution < 1.29 is 9.76 Å². The minimum absolute atomic E-state index is 0.00363. The maximum atomic E-state index is 11.1. The molecular formula is C20H15N3O3. The molecule has 0 bridgehead atoms. The van der Waals surface area contributed by atoms with Crippen molar-refractivity contribution in [3.8, 4) is 0 Å². The number of nitro benzene ring substituents is 1. The smallest absolute Gasteiger partial charge is 0.258 e. The van der Waals surface area contributed by atoms with Gasteiger partial charge in [-0.2, -0.15) is 0 Å². The van der Waals surface area contributed by atoms with E-state index in [1.807, 2.05) is 60.7 Å². The molecule has 0 saturated carbocycles. The Morgan fingerprint density at radius 1 is 0.885 bits per heavy atom. The lowest BCUT2D eigenvalue weighted by atomic mass is 9.95. The summed E-state index contributed by atoms with van der Waals surface area (Å²) in [7, 11) is 0. The van der Waals surface area contributed by atoms with Gasteiger partial charge in [-0.15, -0.1) is 0 Å². The van der Waals surface area contributed by atoms with Gasteiger partial charge >= 0.3 is 0 Å². The molecule has 1 heterocycles. The summed E-state index contributed by atoms with van der Waals surface area (Å²) in [4.78, 5) is 21.4. The number of amidine groups is 1. The summed E-state index contributed by atoms with van der Waals surface area (Å²) in [5.41, 5.74) is 4.12. The van der Waals surface area contributed by atoms with Gasteiger partial charge in [0.2, 0.25) is 5.72 Å². The summed E-state index contributed by atoms with van der Waals surface area (Å²) in [6.45, 7) is 0. The van der Waals surface area contributed by atoms with E-state index in [1.54, 1.807) is 12.1 Å². The van der Waals surface area contributed by atoms with Gasteiger partial charge in [0.15, 0.2) is 5.84 Å². The first-order chi connectivity index (χ1) is 12.7. The first kappa shape index (κ1) is 16.0. The molecule has 6 heteroatoms. The Hall–Kier alpha value is -3.51. The highest BCUT2D eigenvalue weighted by atomic mass is 16.7. The summed E-state index contributed by atoms with van der Waals surface area (Å²) >= 11 is 0. The highest BCUT2D eigenvalue weighted by molar-refractivity contribution is 5.99. The molecule has 0 saturated heterocycles. The third kappa shape index (κ3) is 2.72. The lowest BCUT2D eigenvalue weighted by Gasteiger charge is -2.24. The van der Waals surface area contributed by atoms with Crippen LogP contribution in [0.15, 0.2) is 89.9 Å². The minimum atomic E-state index is -1.05. The summed E-state index contributed by atoms with van der Waals surface area (Å²) in [6.07, 6.45) is 0. The average Bonchev–Trinajstić information content (AvgIpc) is 3.16. The fourth-order valence-electron chi connectivity index (χ4n) is 2.96. The Balaban J connectivity index is 1.85. The van der Waals surface area contributed by atoms with Crippen LogP contribution in [0, 0.1) is 10.1 Å². The van der Waals surface area contributed by atoms with Crippen molar-refractivity contribution in [1.29, 1.82) is 0 Å². The van der Waals surface area contributed by atoms with E-state index in [4.69, 9.17) is 9.83 Å². The van der Waals surface area contributed by atoms with E-state index in [0.29, 0.717) is 11.4 Å². The van der Waals surface area contributed by atoms with E-state index >= 15 is 0 Å². The summed E-state index contributed by atoms with van der Waals surface area (Å²) in [5.74, 6) is 0.446. The molecule has 0 aromatic heterocycles. The standard InChI is InChI=1S/C20H15N3O3/c24-23(25)18-13-7-8-15(14-18)19-21-20(26-22-19,16-9-3-1-4-10-16)17-11-5-2-6-12-17/h1-14H,(H,21,22). The predicted molar refractivity (Wildman–Crippen MR) is 97.5 cm³/mol. The number of aliphatic imine (C=N–C) groups is 1. The van der Waals surface area contributed by atoms with Crippen molar-refractivity contribution in [2.75, 3.05) is 0 Å². The number of rotatable bonds is 4. The second-order valence-corrected chi connectivity index (χ2v) is 5.85. The van der Waals surface area contributed by atoms with E-state index < -0.39 is 10.6 Å². The van der Waals surface area contributed by atoms with Gasteiger partial charge in [0, 0.05) is 28.8 Å². The number of non-ortho nitro benzene ring substituents is 1. The molecule has 128 valence electrons. The first-order valence-corrected chi connectivity index (χ1v) is 8.09. The Morgan fingerprint density at radius 3 is 2.08 bits per heavy atom. The van der Waals surface area contributed by atoms with Crippen LogP contribution in [0.4, 0.5) is 5.69 Å². The maximum absolute atomic E-state index is 11.1. The van der Waals surface area contributed by atoms with Crippen LogP contribution in [0.3, 0.4) is 0 Å². The second kappa shape index (κ2) is 6.42. The number of nitrogens with one attached hydrogen (secondary N) is 1. The molecule has 1 aliphatic rings. The van der Waals surface area contributed by atoms with E-state index in [0.717, 1.165) is 11.1 Å². The third-order valence-electron chi connectivity index (χ3n) is 4.23. The van der Waals surface area contributed by atoms with E-state index in [2.05, 4.69) is 5.48 Å². The zero-order chi connectivity index (χ0) is 18.0. The van der Waals surface area contributed by atoms with Crippen LogP contribution in [0.2, 0.25) is 0 Å². The zero-order valence-electron chi connectivity index (χ0n) is 13.7. The summed E-state index contributed by atoms with van der Waals surface area (Å²) < 4.78 is 0. The van der Waals surface area contributed by atoms with Gasteiger partial charge in [0.1, 0.15) is 0 Å². The van der Waals surface area contributed by atoms with Crippen LogP contribution in [0.1, 0.15) is 16.7 Å². The van der Waals surface area contributed by atoms with Crippen molar-refractivity contribution in [1.82, 2.24) is 5.48 Å². The topological polar surface area (TPSA) is 76.8 Å². The Bertz CT molecular complexity index is 932. The van der Waals surface area contributed by atoms with Gasteiger partial charge in [-0.3, -0.25) is 10.1 Å². The van der Waals surface area contributed by atoms with Gasteiger partial charge in [-0.1, -0.05) is 72.8 Å². The lowest BCUT2D eigenvalue weighted by Crippen LogP contribution is -2.29. The molecule has 0 spiro atoms. The number of hydrogen-bond donors (Lipinski definition) is 1. The Kier molecular flexibility index (Phi) is 3.95. The third-order valence-corrected chi connectivity index (χ3v) is 4.23. The molecule has 0 aliphatic carbocycles. The molecule has 3 aromatic rings. The largest absolute Gasteiger partial charge is 0.270 e. The predicted octanol–water partition coefficient (Wildman–Crippen LogP) is 3.78. The quantitative estimate of drug-likeness (QED) is 0.577. The van der Waals surface area contributed by atoms with Crippen molar-refractivity contribution in [2.24, 2.45) is 4.99 Å². The van der Waals surface area contributed by atoms with E-state index in [1.165, 1.54) is 12.1 Å². The molecule has 3 aromatic carbocycles. The monoisotopic (exact) mass is 345 g/mol.